The molecule has 1 heterocycles. The fourth-order valence-corrected chi connectivity index (χ4v) is 1.93. The van der Waals surface area contributed by atoms with Crippen molar-refractivity contribution in [2.24, 2.45) is 0 Å². The summed E-state index contributed by atoms with van der Waals surface area (Å²) < 4.78 is 4.59. The van der Waals surface area contributed by atoms with Gasteiger partial charge in [-0.1, -0.05) is 0 Å². The first-order valence-electron chi connectivity index (χ1n) is 1.91. The van der Waals surface area contributed by atoms with Crippen LogP contribution in [0.3, 0.4) is 0 Å². The van der Waals surface area contributed by atoms with Crippen LogP contribution in [0.2, 0.25) is 0 Å². The van der Waals surface area contributed by atoms with Crippen LogP contribution in [-0.2, 0) is 0 Å². The van der Waals surface area contributed by atoms with Gasteiger partial charge in [0.2, 0.25) is 0 Å². The molecule has 0 aliphatic carbocycles. The van der Waals surface area contributed by atoms with Crippen molar-refractivity contribution >= 4 is 28.4 Å². The monoisotopic (exact) mass is 183 g/mol. The average Bonchev–Trinajstić information content (AvgIpc) is 1.72. The third-order valence-corrected chi connectivity index (χ3v) is 2.80. The second-order valence-electron chi connectivity index (χ2n) is 1.08. The van der Waals surface area contributed by atoms with Gasteiger partial charge >= 0.3 is 48.6 Å². The van der Waals surface area contributed by atoms with E-state index in [-0.39, 0.29) is 21.1 Å². The van der Waals surface area contributed by atoms with Crippen LogP contribution in [0.25, 0.3) is 0 Å². The Bertz CT molecular complexity index is 65.5. The molecule has 0 amide bonds. The first kappa shape index (κ1) is 4.50. The maximum atomic E-state index is 2.30. The Morgan fingerprint density at radius 3 is 2.00 bits per heavy atom. The first-order valence-corrected chi connectivity index (χ1v) is 5.21. The van der Waals surface area contributed by atoms with Crippen molar-refractivity contribution in [3.8, 4) is 0 Å². The molecule has 0 saturated carbocycles. The summed E-state index contributed by atoms with van der Waals surface area (Å²) in [7, 11) is 2.07. The number of hydrogen-bond acceptors (Lipinski definition) is 0. The van der Waals surface area contributed by atoms with Gasteiger partial charge in [-0.15, -0.1) is 0 Å². The van der Waals surface area contributed by atoms with Crippen LogP contribution in [-0.4, -0.2) is 28.4 Å². The van der Waals surface area contributed by atoms with Crippen LogP contribution >= 0.6 is 0 Å². The normalized spacial score (nSPS) is 17.3. The molecular weight excluding hydrogens is 178 g/mol. The molecule has 0 spiro atoms. The van der Waals surface area contributed by atoms with E-state index in [9.17, 15) is 0 Å². The van der Waals surface area contributed by atoms with Crippen molar-refractivity contribution in [3.63, 3.8) is 0 Å². The van der Waals surface area contributed by atoms with E-state index in [1.54, 1.807) is 0 Å². The van der Waals surface area contributed by atoms with Gasteiger partial charge < -0.3 is 0 Å². The summed E-state index contributed by atoms with van der Waals surface area (Å²) in [5.74, 6) is 4.26. The fraction of sp³-hybridized carbons (Fsp3) is 0. The predicted octanol–water partition coefficient (Wildman–Crippen LogP) is 0.351. The zero-order chi connectivity index (χ0) is 4.24. The minimum atomic E-state index is -0.106. The van der Waals surface area contributed by atoms with E-state index in [4.69, 9.17) is 0 Å². The topological polar surface area (TPSA) is 0 Å². The van der Waals surface area contributed by atoms with Gasteiger partial charge in [-0.3, -0.25) is 0 Å². The standard InChI is InChI=1S/C4H4B.Sn/c1-3-5-4-2;/h1-4H;. The molecule has 1 rings (SSSR count). The van der Waals surface area contributed by atoms with Crippen molar-refractivity contribution in [2.45, 2.75) is 0 Å². The molecule has 0 fully saturated rings. The Morgan fingerprint density at radius 1 is 1.17 bits per heavy atom. The summed E-state index contributed by atoms with van der Waals surface area (Å²) in [6.07, 6.45) is 0. The molecule has 27 valence electrons. The second kappa shape index (κ2) is 2.51. The Morgan fingerprint density at radius 2 is 1.83 bits per heavy atom. The summed E-state index contributed by atoms with van der Waals surface area (Å²) in [5, 5.41) is 0. The predicted molar refractivity (Wildman–Crippen MR) is 29.8 cm³/mol. The van der Waals surface area contributed by atoms with E-state index in [1.165, 1.54) is 0 Å². The Balaban J connectivity index is 2.40. The van der Waals surface area contributed by atoms with Gasteiger partial charge in [-0.05, 0) is 0 Å². The van der Waals surface area contributed by atoms with E-state index >= 15 is 0 Å². The third kappa shape index (κ3) is 1.21. The summed E-state index contributed by atoms with van der Waals surface area (Å²) in [6, 6.07) is 0. The van der Waals surface area contributed by atoms with E-state index in [0.717, 1.165) is 0 Å². The van der Waals surface area contributed by atoms with Crippen LogP contribution in [0.4, 0.5) is 0 Å². The quantitative estimate of drug-likeness (QED) is 0.473. The van der Waals surface area contributed by atoms with Gasteiger partial charge in [0, 0.05) is 0 Å². The van der Waals surface area contributed by atoms with Crippen molar-refractivity contribution in [1.82, 2.24) is 0 Å². The molecule has 0 aromatic carbocycles. The molecule has 0 aromatic heterocycles. The molecule has 0 bridgehead atoms. The van der Waals surface area contributed by atoms with Crippen molar-refractivity contribution in [3.05, 3.63) is 20.1 Å². The molecule has 6 heavy (non-hydrogen) atoms. The molecule has 1 aliphatic heterocycles. The fourth-order valence-electron chi connectivity index (χ4n) is 0.342. The van der Waals surface area contributed by atoms with Gasteiger partial charge in [-0.25, -0.2) is 0 Å². The molecule has 0 aromatic rings. The molecule has 0 N–H and O–H groups in total. The zero-order valence-electron chi connectivity index (χ0n) is 3.39. The van der Waals surface area contributed by atoms with Crippen LogP contribution < -0.4 is 0 Å². The number of rotatable bonds is 0. The summed E-state index contributed by atoms with van der Waals surface area (Å²) in [5.41, 5.74) is 0. The Kier molecular flexibility index (Phi) is 1.88. The van der Waals surface area contributed by atoms with Gasteiger partial charge in [0.25, 0.3) is 0 Å². The first-order chi connectivity index (χ1) is 3.00. The molecule has 0 nitrogen and oxygen atoms in total. The van der Waals surface area contributed by atoms with Crippen LogP contribution in [0.5, 0.6) is 0 Å². The Labute approximate surface area is 48.8 Å². The summed E-state index contributed by atoms with van der Waals surface area (Å²) in [6.45, 7) is 0. The van der Waals surface area contributed by atoms with Gasteiger partial charge in [-0.2, -0.15) is 0 Å². The molecule has 1 aliphatic rings. The zero-order valence-corrected chi connectivity index (χ0v) is 6.24. The van der Waals surface area contributed by atoms with Crippen molar-refractivity contribution in [1.29, 1.82) is 0 Å². The molecule has 0 saturated heterocycles. The molecule has 2 heteroatoms. The van der Waals surface area contributed by atoms with E-state index in [2.05, 4.69) is 27.4 Å². The SMILES string of the molecule is [B]1C=[CH][Sn][CH]=C1. The number of hydrogen-bond donors (Lipinski definition) is 0. The molecule has 3 radical (unpaired) electrons. The minimum absolute atomic E-state index is 0.106. The molecule has 0 atom stereocenters. The van der Waals surface area contributed by atoms with Gasteiger partial charge in [0.15, 0.2) is 0 Å². The van der Waals surface area contributed by atoms with Gasteiger partial charge in [0.1, 0.15) is 0 Å². The average molecular weight is 182 g/mol. The van der Waals surface area contributed by atoms with Crippen LogP contribution in [0, 0.1) is 0 Å². The maximum absolute atomic E-state index is 2.30. The van der Waals surface area contributed by atoms with E-state index in [0.29, 0.717) is 0 Å². The molecule has 0 unspecified atom stereocenters. The Hall–Kier alpha value is 0.344. The van der Waals surface area contributed by atoms with Crippen LogP contribution in [0.1, 0.15) is 0 Å². The van der Waals surface area contributed by atoms with Crippen molar-refractivity contribution in [2.75, 3.05) is 0 Å². The second-order valence-corrected chi connectivity index (χ2v) is 3.93. The third-order valence-electron chi connectivity index (χ3n) is 0.607. The van der Waals surface area contributed by atoms with Gasteiger partial charge in [0.05, 0.1) is 0 Å². The van der Waals surface area contributed by atoms with Crippen molar-refractivity contribution < 1.29 is 0 Å². The van der Waals surface area contributed by atoms with E-state index in [1.807, 2.05) is 0 Å². The summed E-state index contributed by atoms with van der Waals surface area (Å²) in [4.78, 5) is 0. The molecular formula is C4H4BSn. The van der Waals surface area contributed by atoms with E-state index < -0.39 is 0 Å². The summed E-state index contributed by atoms with van der Waals surface area (Å²) >= 11 is -0.106. The van der Waals surface area contributed by atoms with Crippen LogP contribution in [0.15, 0.2) is 20.1 Å².